The second-order valence-electron chi connectivity index (χ2n) is 7.37. The highest BCUT2D eigenvalue weighted by molar-refractivity contribution is 5.71. The topological polar surface area (TPSA) is 46.5 Å². The summed E-state index contributed by atoms with van der Waals surface area (Å²) in [6, 6.07) is 9.50. The molecule has 0 spiro atoms. The lowest BCUT2D eigenvalue weighted by Crippen LogP contribution is -2.30. The van der Waals surface area contributed by atoms with Crippen molar-refractivity contribution >= 4 is 5.97 Å². The van der Waals surface area contributed by atoms with Crippen LogP contribution >= 0.6 is 0 Å². The summed E-state index contributed by atoms with van der Waals surface area (Å²) in [4.78, 5) is 12.2. The zero-order valence-electron chi connectivity index (χ0n) is 16.8. The van der Waals surface area contributed by atoms with Crippen LogP contribution in [-0.2, 0) is 15.1 Å². The van der Waals surface area contributed by atoms with Crippen LogP contribution in [0.15, 0.2) is 30.3 Å². The van der Waals surface area contributed by atoms with Crippen molar-refractivity contribution in [3.8, 4) is 0 Å². The monoisotopic (exact) mass is 362 g/mol. The molecule has 0 aliphatic carbocycles. The molecule has 0 saturated carbocycles. The van der Waals surface area contributed by atoms with Gasteiger partial charge in [-0.25, -0.2) is 0 Å². The van der Waals surface area contributed by atoms with Gasteiger partial charge in [0.15, 0.2) is 0 Å². The zero-order valence-corrected chi connectivity index (χ0v) is 16.8. The average Bonchev–Trinajstić information content (AvgIpc) is 2.66. The van der Waals surface area contributed by atoms with E-state index in [1.54, 1.807) is 0 Å². The zero-order chi connectivity index (χ0) is 19.1. The minimum atomic E-state index is -1.12. The third kappa shape index (κ3) is 9.38. The van der Waals surface area contributed by atoms with Gasteiger partial charge in [0.05, 0.1) is 13.0 Å². The first-order valence-corrected chi connectivity index (χ1v) is 10.6. The highest BCUT2D eigenvalue weighted by atomic mass is 16.5. The van der Waals surface area contributed by atoms with Crippen molar-refractivity contribution in [2.45, 2.75) is 96.5 Å². The van der Waals surface area contributed by atoms with E-state index in [2.05, 4.69) is 13.8 Å². The van der Waals surface area contributed by atoms with Gasteiger partial charge in [0.2, 0.25) is 0 Å². The molecule has 0 aromatic heterocycles. The van der Waals surface area contributed by atoms with E-state index in [-0.39, 0.29) is 12.4 Å². The molecule has 0 heterocycles. The van der Waals surface area contributed by atoms with Crippen molar-refractivity contribution in [3.05, 3.63) is 35.9 Å². The molecule has 0 radical (unpaired) electrons. The molecule has 0 amide bonds. The van der Waals surface area contributed by atoms with Gasteiger partial charge in [0, 0.05) is 0 Å². The third-order valence-corrected chi connectivity index (χ3v) is 4.95. The summed E-state index contributed by atoms with van der Waals surface area (Å²) in [5.41, 5.74) is -0.314. The number of benzene rings is 1. The molecule has 0 bridgehead atoms. The van der Waals surface area contributed by atoms with Crippen LogP contribution in [-0.4, -0.2) is 17.7 Å². The maximum absolute atomic E-state index is 12.2. The molecule has 1 rings (SSSR count). The van der Waals surface area contributed by atoms with Gasteiger partial charge >= 0.3 is 5.97 Å². The van der Waals surface area contributed by atoms with Crippen molar-refractivity contribution in [1.82, 2.24) is 0 Å². The van der Waals surface area contributed by atoms with Crippen molar-refractivity contribution in [2.24, 2.45) is 0 Å². The first-order valence-electron chi connectivity index (χ1n) is 10.6. The molecule has 3 heteroatoms. The van der Waals surface area contributed by atoms with Gasteiger partial charge in [-0.1, -0.05) is 102 Å². The Morgan fingerprint density at radius 3 is 2.08 bits per heavy atom. The highest BCUT2D eigenvalue weighted by Gasteiger charge is 2.32. The number of unbranched alkanes of at least 4 members (excludes halogenated alkanes) is 8. The Balaban J connectivity index is 2.30. The second kappa shape index (κ2) is 13.8. The lowest BCUT2D eigenvalue weighted by atomic mass is 9.85. The fourth-order valence-corrected chi connectivity index (χ4v) is 3.26. The normalized spacial score (nSPS) is 13.3. The van der Waals surface area contributed by atoms with Crippen LogP contribution in [0.4, 0.5) is 0 Å². The van der Waals surface area contributed by atoms with Crippen LogP contribution in [0.25, 0.3) is 0 Å². The van der Waals surface area contributed by atoms with Crippen LogP contribution in [0.1, 0.15) is 96.5 Å². The largest absolute Gasteiger partial charge is 0.466 e. The lowest BCUT2D eigenvalue weighted by Gasteiger charge is -2.28. The molecule has 148 valence electrons. The fraction of sp³-hybridized carbons (Fsp3) is 0.696. The maximum Gasteiger partial charge on any atom is 0.309 e. The smallest absolute Gasteiger partial charge is 0.309 e. The Kier molecular flexibility index (Phi) is 12.0. The standard InChI is InChI=1S/C23H38O3/c1-3-5-7-8-9-10-11-15-19-26-22(24)20-23(25,18-6-4-2)21-16-13-12-14-17-21/h12-14,16-17,25H,3-11,15,18-20H2,1-2H3. The van der Waals surface area contributed by atoms with Gasteiger partial charge in [0.1, 0.15) is 5.60 Å². The Labute approximate surface area is 160 Å². The van der Waals surface area contributed by atoms with Crippen LogP contribution in [0.5, 0.6) is 0 Å². The molecule has 1 unspecified atom stereocenters. The predicted molar refractivity (Wildman–Crippen MR) is 108 cm³/mol. The molecule has 1 aromatic rings. The highest BCUT2D eigenvalue weighted by Crippen LogP contribution is 2.31. The van der Waals surface area contributed by atoms with Crippen LogP contribution < -0.4 is 0 Å². The number of aliphatic hydroxyl groups is 1. The van der Waals surface area contributed by atoms with Gasteiger partial charge in [0.25, 0.3) is 0 Å². The number of carbonyl (C=O) groups is 1. The predicted octanol–water partition coefficient (Wildman–Crippen LogP) is 6.14. The number of ether oxygens (including phenoxy) is 1. The molecule has 3 nitrogen and oxygen atoms in total. The van der Waals surface area contributed by atoms with E-state index >= 15 is 0 Å². The van der Waals surface area contributed by atoms with E-state index in [4.69, 9.17) is 4.74 Å². The number of rotatable bonds is 15. The minimum Gasteiger partial charge on any atom is -0.466 e. The average molecular weight is 363 g/mol. The first kappa shape index (κ1) is 22.7. The van der Waals surface area contributed by atoms with Crippen LogP contribution in [0, 0.1) is 0 Å². The maximum atomic E-state index is 12.2. The van der Waals surface area contributed by atoms with Gasteiger partial charge in [-0.2, -0.15) is 0 Å². The number of hydrogen-bond acceptors (Lipinski definition) is 3. The summed E-state index contributed by atoms with van der Waals surface area (Å²) in [5.74, 6) is -0.296. The van der Waals surface area contributed by atoms with Crippen molar-refractivity contribution in [3.63, 3.8) is 0 Å². The van der Waals surface area contributed by atoms with E-state index in [0.29, 0.717) is 13.0 Å². The third-order valence-electron chi connectivity index (χ3n) is 4.95. The van der Waals surface area contributed by atoms with Crippen molar-refractivity contribution in [1.29, 1.82) is 0 Å². The molecule has 0 fully saturated rings. The summed E-state index contributed by atoms with van der Waals surface area (Å²) in [6.07, 6.45) is 12.3. The van der Waals surface area contributed by atoms with E-state index in [1.165, 1.54) is 38.5 Å². The molecule has 1 N–H and O–H groups in total. The van der Waals surface area contributed by atoms with Gasteiger partial charge in [-0.3, -0.25) is 4.79 Å². The fourth-order valence-electron chi connectivity index (χ4n) is 3.26. The number of hydrogen-bond donors (Lipinski definition) is 1. The van der Waals surface area contributed by atoms with E-state index in [1.807, 2.05) is 30.3 Å². The molecule has 1 aromatic carbocycles. The lowest BCUT2D eigenvalue weighted by molar-refractivity contribution is -0.150. The van der Waals surface area contributed by atoms with Gasteiger partial charge in [-0.15, -0.1) is 0 Å². The van der Waals surface area contributed by atoms with E-state index < -0.39 is 5.60 Å². The molecular formula is C23H38O3. The molecular weight excluding hydrogens is 324 g/mol. The summed E-state index contributed by atoms with van der Waals surface area (Å²) >= 11 is 0. The first-order chi connectivity index (χ1) is 12.6. The van der Waals surface area contributed by atoms with Crippen LogP contribution in [0.2, 0.25) is 0 Å². The van der Waals surface area contributed by atoms with Crippen LogP contribution in [0.3, 0.4) is 0 Å². The SMILES string of the molecule is CCCCCCCCCCOC(=O)CC(O)(CCCC)c1ccccc1. The summed E-state index contributed by atoms with van der Waals surface area (Å²) in [6.45, 7) is 4.79. The molecule has 0 saturated heterocycles. The Bertz CT molecular complexity index is 472. The molecule has 0 aliphatic heterocycles. The Morgan fingerprint density at radius 1 is 0.885 bits per heavy atom. The van der Waals surface area contributed by atoms with Gasteiger partial charge < -0.3 is 9.84 Å². The van der Waals surface area contributed by atoms with Crippen molar-refractivity contribution in [2.75, 3.05) is 6.61 Å². The van der Waals surface area contributed by atoms with E-state index in [0.717, 1.165) is 31.2 Å². The Hall–Kier alpha value is -1.35. The minimum absolute atomic E-state index is 0.0357. The number of esters is 1. The summed E-state index contributed by atoms with van der Waals surface area (Å²) < 4.78 is 5.39. The molecule has 0 aliphatic rings. The molecule has 1 atom stereocenters. The summed E-state index contributed by atoms with van der Waals surface area (Å²) in [5, 5.41) is 11.0. The second-order valence-corrected chi connectivity index (χ2v) is 7.37. The van der Waals surface area contributed by atoms with E-state index in [9.17, 15) is 9.90 Å². The van der Waals surface area contributed by atoms with Gasteiger partial charge in [-0.05, 0) is 18.4 Å². The number of carbonyl (C=O) groups excluding carboxylic acids is 1. The molecule has 26 heavy (non-hydrogen) atoms. The summed E-state index contributed by atoms with van der Waals surface area (Å²) in [7, 11) is 0. The van der Waals surface area contributed by atoms with Crippen molar-refractivity contribution < 1.29 is 14.6 Å². The quantitative estimate of drug-likeness (QED) is 0.301. The Morgan fingerprint density at radius 2 is 1.46 bits per heavy atom.